The Balaban J connectivity index is 2.19. The second-order valence-corrected chi connectivity index (χ2v) is 4.12. The molecule has 2 rings (SSSR count). The molecule has 0 bridgehead atoms. The zero-order valence-corrected chi connectivity index (χ0v) is 9.97. The maximum absolute atomic E-state index is 11.7. The van der Waals surface area contributed by atoms with E-state index >= 15 is 0 Å². The zero-order chi connectivity index (χ0) is 12.4. The fourth-order valence-electron chi connectivity index (χ4n) is 2.02. The van der Waals surface area contributed by atoms with E-state index in [0.29, 0.717) is 11.1 Å². The second kappa shape index (κ2) is 4.57. The quantitative estimate of drug-likeness (QED) is 0.457. The van der Waals surface area contributed by atoms with Crippen molar-refractivity contribution in [2.24, 2.45) is 0 Å². The number of esters is 1. The Hall–Kier alpha value is -1.84. The second-order valence-electron chi connectivity index (χ2n) is 4.12. The van der Waals surface area contributed by atoms with Crippen molar-refractivity contribution in [2.45, 2.75) is 32.9 Å². The van der Waals surface area contributed by atoms with Gasteiger partial charge in [0.25, 0.3) is 0 Å². The summed E-state index contributed by atoms with van der Waals surface area (Å²) < 4.78 is 7.37. The molecule has 0 N–H and O–H groups in total. The minimum Gasteiger partial charge on any atom is -0.452 e. The van der Waals surface area contributed by atoms with Crippen molar-refractivity contribution < 1.29 is 14.3 Å². The Morgan fingerprint density at radius 1 is 1.59 bits per heavy atom. The third-order valence-electron chi connectivity index (χ3n) is 3.11. The number of ether oxygens (including phenoxy) is 1. The van der Waals surface area contributed by atoms with Gasteiger partial charge in [0.15, 0.2) is 6.29 Å². The topological polar surface area (TPSA) is 48.3 Å². The molecule has 4 nitrogen and oxygen atoms in total. The average Bonchev–Trinajstić information content (AvgIpc) is 2.90. The highest BCUT2D eigenvalue weighted by molar-refractivity contribution is 5.88. The van der Waals surface area contributed by atoms with E-state index in [1.165, 1.54) is 0 Å². The minimum absolute atomic E-state index is 0.299. The summed E-state index contributed by atoms with van der Waals surface area (Å²) in [5.74, 6) is -0.316. The molecule has 1 unspecified atom stereocenters. The summed E-state index contributed by atoms with van der Waals surface area (Å²) in [7, 11) is 0. The fourth-order valence-corrected chi connectivity index (χ4v) is 2.02. The lowest BCUT2D eigenvalue weighted by molar-refractivity contribution is -0.144. The van der Waals surface area contributed by atoms with Gasteiger partial charge < -0.3 is 9.30 Å². The van der Waals surface area contributed by atoms with E-state index in [9.17, 15) is 9.59 Å². The number of rotatable bonds is 3. The fraction of sp³-hybridized carbons (Fsp3) is 0.385. The van der Waals surface area contributed by atoms with Crippen molar-refractivity contribution in [3.63, 3.8) is 0 Å². The van der Waals surface area contributed by atoms with Crippen LogP contribution in [0.2, 0.25) is 0 Å². The number of carbonyl (C=O) groups is 2. The molecule has 0 saturated carbocycles. The maximum Gasteiger partial charge on any atom is 0.334 e. The molecule has 0 amide bonds. The predicted octanol–water partition coefficient (Wildman–Crippen LogP) is 2.25. The van der Waals surface area contributed by atoms with Crippen LogP contribution < -0.4 is 0 Å². The number of hydrogen-bond acceptors (Lipinski definition) is 3. The number of allylic oxidation sites excluding steroid dienone is 1. The van der Waals surface area contributed by atoms with Gasteiger partial charge in [0.1, 0.15) is 6.10 Å². The SMILES string of the molecule is C/C=C(\C)C(=O)OC1CCn2ccc(C=O)c21. The van der Waals surface area contributed by atoms with Gasteiger partial charge >= 0.3 is 5.97 Å². The van der Waals surface area contributed by atoms with Gasteiger partial charge in [0.05, 0.1) is 5.69 Å². The molecular weight excluding hydrogens is 218 g/mol. The number of hydrogen-bond donors (Lipinski definition) is 0. The molecule has 1 aromatic rings. The highest BCUT2D eigenvalue weighted by atomic mass is 16.5. The van der Waals surface area contributed by atoms with Crippen LogP contribution in [0.1, 0.15) is 42.4 Å². The van der Waals surface area contributed by atoms with Gasteiger partial charge in [0.2, 0.25) is 0 Å². The van der Waals surface area contributed by atoms with Crippen molar-refractivity contribution in [1.82, 2.24) is 4.57 Å². The van der Waals surface area contributed by atoms with Gasteiger partial charge in [-0.25, -0.2) is 4.79 Å². The first kappa shape index (κ1) is 11.6. The molecule has 0 saturated heterocycles. The Morgan fingerprint density at radius 3 is 3.00 bits per heavy atom. The van der Waals surface area contributed by atoms with Crippen molar-refractivity contribution in [2.75, 3.05) is 0 Å². The molecule has 1 atom stereocenters. The third kappa shape index (κ3) is 2.02. The van der Waals surface area contributed by atoms with Crippen LogP contribution in [0, 0.1) is 0 Å². The lowest BCUT2D eigenvalue weighted by Crippen LogP contribution is -2.11. The van der Waals surface area contributed by atoms with E-state index in [4.69, 9.17) is 4.74 Å². The van der Waals surface area contributed by atoms with E-state index in [0.717, 1.165) is 24.9 Å². The largest absolute Gasteiger partial charge is 0.452 e. The number of aldehydes is 1. The van der Waals surface area contributed by atoms with Crippen molar-refractivity contribution >= 4 is 12.3 Å². The smallest absolute Gasteiger partial charge is 0.334 e. The lowest BCUT2D eigenvalue weighted by Gasteiger charge is -2.12. The molecule has 0 aliphatic carbocycles. The molecule has 0 fully saturated rings. The van der Waals surface area contributed by atoms with Crippen molar-refractivity contribution in [3.8, 4) is 0 Å². The molecule has 0 spiro atoms. The van der Waals surface area contributed by atoms with Crippen molar-refractivity contribution in [3.05, 3.63) is 35.2 Å². The minimum atomic E-state index is -0.316. The van der Waals surface area contributed by atoms with Crippen LogP contribution in [-0.4, -0.2) is 16.8 Å². The molecule has 2 heterocycles. The van der Waals surface area contributed by atoms with Gasteiger partial charge in [-0.2, -0.15) is 0 Å². The normalized spacial score (nSPS) is 18.9. The van der Waals surface area contributed by atoms with E-state index in [1.807, 2.05) is 10.8 Å². The van der Waals surface area contributed by atoms with E-state index in [-0.39, 0.29) is 12.1 Å². The summed E-state index contributed by atoms with van der Waals surface area (Å²) in [5.41, 5.74) is 2.01. The number of aryl methyl sites for hydroxylation is 1. The molecular formula is C13H15NO3. The van der Waals surface area contributed by atoms with Crippen LogP contribution >= 0.6 is 0 Å². The predicted molar refractivity (Wildman–Crippen MR) is 62.7 cm³/mol. The molecule has 4 heteroatoms. The summed E-state index contributed by atoms with van der Waals surface area (Å²) in [5, 5.41) is 0. The summed E-state index contributed by atoms with van der Waals surface area (Å²) in [6, 6.07) is 1.75. The number of carbonyl (C=O) groups excluding carboxylic acids is 2. The van der Waals surface area contributed by atoms with E-state index in [2.05, 4.69) is 0 Å². The maximum atomic E-state index is 11.7. The average molecular weight is 233 g/mol. The molecule has 1 aliphatic rings. The van der Waals surface area contributed by atoms with E-state index in [1.54, 1.807) is 26.0 Å². The van der Waals surface area contributed by atoms with E-state index < -0.39 is 0 Å². The van der Waals surface area contributed by atoms with Crippen LogP contribution in [0.5, 0.6) is 0 Å². The summed E-state index contributed by atoms with van der Waals surface area (Å²) in [6.45, 7) is 4.30. The number of fused-ring (bicyclic) bond motifs is 1. The zero-order valence-electron chi connectivity index (χ0n) is 9.97. The monoisotopic (exact) mass is 233 g/mol. The summed E-state index contributed by atoms with van der Waals surface area (Å²) in [6.07, 6.45) is 4.82. The first-order chi connectivity index (χ1) is 8.17. The van der Waals surface area contributed by atoms with Gasteiger partial charge in [0, 0.05) is 30.3 Å². The van der Waals surface area contributed by atoms with Gasteiger partial charge in [-0.15, -0.1) is 0 Å². The third-order valence-corrected chi connectivity index (χ3v) is 3.11. The Labute approximate surface area is 99.9 Å². The Bertz CT molecular complexity index is 485. The first-order valence-electron chi connectivity index (χ1n) is 5.65. The standard InChI is InChI=1S/C13H15NO3/c1-3-9(2)13(16)17-11-5-7-14-6-4-10(8-15)12(11)14/h3-4,6,8,11H,5,7H2,1-2H3/b9-3+. The summed E-state index contributed by atoms with van der Waals surface area (Å²) in [4.78, 5) is 22.6. The van der Waals surface area contributed by atoms with Gasteiger partial charge in [-0.05, 0) is 19.9 Å². The van der Waals surface area contributed by atoms with Crippen molar-refractivity contribution in [1.29, 1.82) is 0 Å². The molecule has 90 valence electrons. The highest BCUT2D eigenvalue weighted by Gasteiger charge is 2.28. The van der Waals surface area contributed by atoms with Crippen LogP contribution in [0.15, 0.2) is 23.9 Å². The lowest BCUT2D eigenvalue weighted by atomic mass is 10.1. The van der Waals surface area contributed by atoms with Gasteiger partial charge in [-0.1, -0.05) is 6.08 Å². The molecule has 0 radical (unpaired) electrons. The Morgan fingerprint density at radius 2 is 2.35 bits per heavy atom. The molecule has 0 aromatic carbocycles. The van der Waals surface area contributed by atoms with Crippen LogP contribution in [0.4, 0.5) is 0 Å². The molecule has 1 aromatic heterocycles. The number of aromatic nitrogens is 1. The van der Waals surface area contributed by atoms with Crippen LogP contribution in [0.25, 0.3) is 0 Å². The molecule has 17 heavy (non-hydrogen) atoms. The highest BCUT2D eigenvalue weighted by Crippen LogP contribution is 2.32. The first-order valence-corrected chi connectivity index (χ1v) is 5.65. The van der Waals surface area contributed by atoms with Crippen LogP contribution in [-0.2, 0) is 16.1 Å². The summed E-state index contributed by atoms with van der Waals surface area (Å²) >= 11 is 0. The van der Waals surface area contributed by atoms with Crippen LogP contribution in [0.3, 0.4) is 0 Å². The van der Waals surface area contributed by atoms with Gasteiger partial charge in [-0.3, -0.25) is 4.79 Å². The number of nitrogens with zero attached hydrogens (tertiary/aromatic N) is 1. The Kier molecular flexibility index (Phi) is 3.13. The molecule has 1 aliphatic heterocycles.